The van der Waals surface area contributed by atoms with E-state index in [0.29, 0.717) is 12.1 Å². The van der Waals surface area contributed by atoms with Crippen molar-refractivity contribution in [1.82, 2.24) is 5.32 Å². The minimum absolute atomic E-state index is 0.132. The van der Waals surface area contributed by atoms with Crippen LogP contribution in [0.3, 0.4) is 0 Å². The second-order valence-electron chi connectivity index (χ2n) is 5.24. The third-order valence-electron chi connectivity index (χ3n) is 3.52. The average molecular weight is 263 g/mol. The smallest absolute Gasteiger partial charge is 0.271 e. The van der Waals surface area contributed by atoms with Crippen LogP contribution in [0.15, 0.2) is 24.3 Å². The lowest BCUT2D eigenvalue weighted by Crippen LogP contribution is -2.37. The molecule has 0 saturated carbocycles. The Bertz CT molecular complexity index is 430. The van der Waals surface area contributed by atoms with Crippen LogP contribution in [-0.4, -0.2) is 23.6 Å². The minimum atomic E-state index is -0.363. The van der Waals surface area contributed by atoms with Gasteiger partial charge in [0.2, 0.25) is 0 Å². The molecule has 2 atom stereocenters. The number of nitro groups is 1. The molecule has 2 unspecified atom stereocenters. The zero-order valence-corrected chi connectivity index (χ0v) is 11.3. The standard InChI is InChI=1S/C14H21N3O2/c1-11(9-12-5-2-3-8-15-12)16-13-6-4-7-14(10-13)17(18)19/h4,6-7,10-12,15-16H,2-3,5,8-9H2,1H3. The molecule has 0 bridgehead atoms. The molecule has 2 N–H and O–H groups in total. The zero-order chi connectivity index (χ0) is 13.7. The SMILES string of the molecule is CC(CC1CCCCN1)Nc1cccc([N+](=O)[O-])c1. The molecule has 104 valence electrons. The largest absolute Gasteiger partial charge is 0.382 e. The van der Waals surface area contributed by atoms with Crippen LogP contribution in [0.2, 0.25) is 0 Å². The van der Waals surface area contributed by atoms with E-state index in [-0.39, 0.29) is 10.6 Å². The molecule has 1 saturated heterocycles. The molecule has 1 fully saturated rings. The third-order valence-corrected chi connectivity index (χ3v) is 3.52. The average Bonchev–Trinajstić information content (AvgIpc) is 2.40. The lowest BCUT2D eigenvalue weighted by Gasteiger charge is -2.27. The number of non-ortho nitro benzene ring substituents is 1. The quantitative estimate of drug-likeness (QED) is 0.633. The number of rotatable bonds is 5. The van der Waals surface area contributed by atoms with Crippen LogP contribution < -0.4 is 10.6 Å². The number of nitrogens with zero attached hydrogens (tertiary/aromatic N) is 1. The second kappa shape index (κ2) is 6.52. The van der Waals surface area contributed by atoms with Gasteiger partial charge in [-0.15, -0.1) is 0 Å². The molecule has 5 nitrogen and oxygen atoms in total. The highest BCUT2D eigenvalue weighted by atomic mass is 16.6. The van der Waals surface area contributed by atoms with Crippen LogP contribution in [0.25, 0.3) is 0 Å². The van der Waals surface area contributed by atoms with Crippen molar-refractivity contribution < 1.29 is 4.92 Å². The zero-order valence-electron chi connectivity index (χ0n) is 11.3. The van der Waals surface area contributed by atoms with Crippen molar-refractivity contribution in [2.45, 2.75) is 44.7 Å². The molecular weight excluding hydrogens is 242 g/mol. The normalized spacial score (nSPS) is 20.8. The van der Waals surface area contributed by atoms with Gasteiger partial charge in [0, 0.05) is 29.9 Å². The summed E-state index contributed by atoms with van der Waals surface area (Å²) in [6.07, 6.45) is 4.83. The van der Waals surface area contributed by atoms with E-state index in [4.69, 9.17) is 0 Å². The number of piperidine rings is 1. The van der Waals surface area contributed by atoms with Crippen molar-refractivity contribution in [1.29, 1.82) is 0 Å². The Hall–Kier alpha value is -1.62. The van der Waals surface area contributed by atoms with E-state index in [0.717, 1.165) is 18.7 Å². The maximum absolute atomic E-state index is 10.7. The van der Waals surface area contributed by atoms with Gasteiger partial charge in [0.25, 0.3) is 5.69 Å². The molecule has 19 heavy (non-hydrogen) atoms. The molecule has 0 aliphatic carbocycles. The van der Waals surface area contributed by atoms with E-state index >= 15 is 0 Å². The van der Waals surface area contributed by atoms with Gasteiger partial charge in [0.1, 0.15) is 0 Å². The summed E-state index contributed by atoms with van der Waals surface area (Å²) in [5.74, 6) is 0. The van der Waals surface area contributed by atoms with Crippen molar-refractivity contribution in [3.8, 4) is 0 Å². The van der Waals surface area contributed by atoms with Crippen LogP contribution in [0.4, 0.5) is 11.4 Å². The molecule has 2 rings (SSSR count). The first-order valence-electron chi connectivity index (χ1n) is 6.89. The number of benzene rings is 1. The van der Waals surface area contributed by atoms with E-state index < -0.39 is 0 Å². The summed E-state index contributed by atoms with van der Waals surface area (Å²) in [6, 6.07) is 7.56. The first-order chi connectivity index (χ1) is 9.15. The fourth-order valence-corrected chi connectivity index (χ4v) is 2.60. The van der Waals surface area contributed by atoms with Gasteiger partial charge in [-0.05, 0) is 38.8 Å². The lowest BCUT2D eigenvalue weighted by atomic mass is 9.98. The maximum atomic E-state index is 10.7. The van der Waals surface area contributed by atoms with Gasteiger partial charge < -0.3 is 10.6 Å². The lowest BCUT2D eigenvalue weighted by molar-refractivity contribution is -0.384. The summed E-state index contributed by atoms with van der Waals surface area (Å²) >= 11 is 0. The Morgan fingerprint density at radius 1 is 1.53 bits per heavy atom. The first-order valence-corrected chi connectivity index (χ1v) is 6.89. The van der Waals surface area contributed by atoms with Crippen LogP contribution >= 0.6 is 0 Å². The van der Waals surface area contributed by atoms with Gasteiger partial charge in [-0.1, -0.05) is 12.5 Å². The van der Waals surface area contributed by atoms with Crippen molar-refractivity contribution in [3.63, 3.8) is 0 Å². The van der Waals surface area contributed by atoms with Gasteiger partial charge in [0.05, 0.1) is 4.92 Å². The highest BCUT2D eigenvalue weighted by molar-refractivity contribution is 5.51. The van der Waals surface area contributed by atoms with Gasteiger partial charge in [-0.3, -0.25) is 10.1 Å². The number of anilines is 1. The molecule has 0 amide bonds. The van der Waals surface area contributed by atoms with E-state index in [2.05, 4.69) is 17.6 Å². The predicted octanol–water partition coefficient (Wildman–Crippen LogP) is 2.93. The predicted molar refractivity (Wildman–Crippen MR) is 76.4 cm³/mol. The number of nitro benzene ring substituents is 1. The molecule has 1 heterocycles. The summed E-state index contributed by atoms with van der Waals surface area (Å²) in [5.41, 5.74) is 0.950. The number of hydrogen-bond acceptors (Lipinski definition) is 4. The molecule has 1 aliphatic rings. The first kappa shape index (κ1) is 13.8. The highest BCUT2D eigenvalue weighted by Gasteiger charge is 2.16. The van der Waals surface area contributed by atoms with Crippen molar-refractivity contribution in [2.24, 2.45) is 0 Å². The van der Waals surface area contributed by atoms with E-state index in [1.165, 1.54) is 25.3 Å². The number of hydrogen-bond donors (Lipinski definition) is 2. The molecule has 0 aromatic heterocycles. The molecule has 1 aliphatic heterocycles. The van der Waals surface area contributed by atoms with Crippen LogP contribution in [0, 0.1) is 10.1 Å². The molecule has 0 radical (unpaired) electrons. The maximum Gasteiger partial charge on any atom is 0.271 e. The van der Waals surface area contributed by atoms with Crippen LogP contribution in [0.1, 0.15) is 32.6 Å². The Labute approximate surface area is 113 Å². The topological polar surface area (TPSA) is 67.2 Å². The highest BCUT2D eigenvalue weighted by Crippen LogP contribution is 2.19. The second-order valence-corrected chi connectivity index (χ2v) is 5.24. The van der Waals surface area contributed by atoms with Gasteiger partial charge in [-0.2, -0.15) is 0 Å². The van der Waals surface area contributed by atoms with Gasteiger partial charge in [0.15, 0.2) is 0 Å². The summed E-state index contributed by atoms with van der Waals surface area (Å²) in [4.78, 5) is 10.4. The summed E-state index contributed by atoms with van der Waals surface area (Å²) in [6.45, 7) is 3.23. The Balaban J connectivity index is 1.88. The molecule has 5 heteroatoms. The molecule has 0 spiro atoms. The van der Waals surface area contributed by atoms with E-state index in [1.807, 2.05) is 6.07 Å². The van der Waals surface area contributed by atoms with E-state index in [9.17, 15) is 10.1 Å². The Kier molecular flexibility index (Phi) is 4.74. The summed E-state index contributed by atoms with van der Waals surface area (Å²) < 4.78 is 0. The van der Waals surface area contributed by atoms with Crippen molar-refractivity contribution in [3.05, 3.63) is 34.4 Å². The van der Waals surface area contributed by atoms with E-state index in [1.54, 1.807) is 12.1 Å². The monoisotopic (exact) mass is 263 g/mol. The van der Waals surface area contributed by atoms with Gasteiger partial charge >= 0.3 is 0 Å². The third kappa shape index (κ3) is 4.21. The Morgan fingerprint density at radius 3 is 3.05 bits per heavy atom. The molecular formula is C14H21N3O2. The Morgan fingerprint density at radius 2 is 2.37 bits per heavy atom. The van der Waals surface area contributed by atoms with Crippen molar-refractivity contribution in [2.75, 3.05) is 11.9 Å². The fourth-order valence-electron chi connectivity index (χ4n) is 2.60. The van der Waals surface area contributed by atoms with Gasteiger partial charge in [-0.25, -0.2) is 0 Å². The fraction of sp³-hybridized carbons (Fsp3) is 0.571. The summed E-state index contributed by atoms with van der Waals surface area (Å²) in [7, 11) is 0. The van der Waals surface area contributed by atoms with Crippen LogP contribution in [0.5, 0.6) is 0 Å². The summed E-state index contributed by atoms with van der Waals surface area (Å²) in [5, 5.41) is 17.6. The molecule has 1 aromatic carbocycles. The number of nitrogens with one attached hydrogen (secondary N) is 2. The molecule has 1 aromatic rings. The van der Waals surface area contributed by atoms with Crippen LogP contribution in [-0.2, 0) is 0 Å². The minimum Gasteiger partial charge on any atom is -0.382 e. The van der Waals surface area contributed by atoms with Crippen molar-refractivity contribution >= 4 is 11.4 Å².